The van der Waals surface area contributed by atoms with E-state index in [1.807, 2.05) is 0 Å². The first kappa shape index (κ1) is 13.9. The highest BCUT2D eigenvalue weighted by atomic mass is 35.5. The zero-order chi connectivity index (χ0) is 13.7. The van der Waals surface area contributed by atoms with Crippen molar-refractivity contribution in [3.8, 4) is 0 Å². The molecule has 18 heavy (non-hydrogen) atoms. The van der Waals surface area contributed by atoms with Crippen molar-refractivity contribution in [2.24, 2.45) is 0 Å². The Balaban J connectivity index is 2.72. The van der Waals surface area contributed by atoms with Crippen LogP contribution in [-0.4, -0.2) is 28.5 Å². The van der Waals surface area contributed by atoms with Gasteiger partial charge in [0.15, 0.2) is 0 Å². The Bertz CT molecular complexity index is 503. The second kappa shape index (κ2) is 5.97. The summed E-state index contributed by atoms with van der Waals surface area (Å²) in [7, 11) is 0. The first-order valence-corrected chi connectivity index (χ1v) is 5.23. The maximum absolute atomic E-state index is 11.5. The molecule has 0 atom stereocenters. The first-order valence-electron chi connectivity index (χ1n) is 4.85. The van der Waals surface area contributed by atoms with Gasteiger partial charge in [0, 0.05) is 18.2 Å². The molecule has 0 aliphatic rings. The highest BCUT2D eigenvalue weighted by Crippen LogP contribution is 2.24. The predicted molar refractivity (Wildman–Crippen MR) is 62.7 cm³/mol. The van der Waals surface area contributed by atoms with Gasteiger partial charge < -0.3 is 10.4 Å². The number of nitro benzene ring substituents is 1. The second-order valence-corrected chi connectivity index (χ2v) is 3.73. The smallest absolute Gasteiger partial charge is 0.305 e. The number of carbonyl (C=O) groups is 2. The van der Waals surface area contributed by atoms with Crippen molar-refractivity contribution in [1.82, 2.24) is 5.32 Å². The lowest BCUT2D eigenvalue weighted by atomic mass is 10.2. The lowest BCUT2D eigenvalue weighted by Gasteiger charge is -2.04. The SMILES string of the molecule is O=C(O)CCNC(=O)c1ccc([N+](=O)[O-])c(Cl)c1. The number of aliphatic carboxylic acids is 1. The fraction of sp³-hybridized carbons (Fsp3) is 0.200. The van der Waals surface area contributed by atoms with Gasteiger partial charge >= 0.3 is 5.97 Å². The summed E-state index contributed by atoms with van der Waals surface area (Å²) in [5, 5.41) is 21.1. The van der Waals surface area contributed by atoms with Gasteiger partial charge in [0.1, 0.15) is 5.02 Å². The molecular weight excluding hydrogens is 264 g/mol. The number of rotatable bonds is 5. The molecule has 0 unspecified atom stereocenters. The molecule has 7 nitrogen and oxygen atoms in total. The topological polar surface area (TPSA) is 110 Å². The molecular formula is C10H9ClN2O5. The van der Waals surface area contributed by atoms with Crippen molar-refractivity contribution in [3.05, 3.63) is 38.9 Å². The molecule has 0 saturated carbocycles. The summed E-state index contributed by atoms with van der Waals surface area (Å²) in [5.41, 5.74) is -0.158. The van der Waals surface area contributed by atoms with E-state index in [-0.39, 0.29) is 29.2 Å². The molecule has 0 fully saturated rings. The number of carbonyl (C=O) groups excluding carboxylic acids is 1. The van der Waals surface area contributed by atoms with E-state index in [2.05, 4.69) is 5.32 Å². The van der Waals surface area contributed by atoms with Gasteiger partial charge in [-0.3, -0.25) is 19.7 Å². The lowest BCUT2D eigenvalue weighted by Crippen LogP contribution is -2.25. The summed E-state index contributed by atoms with van der Waals surface area (Å²) in [6.45, 7) is -0.0250. The van der Waals surface area contributed by atoms with Gasteiger partial charge in [-0.05, 0) is 12.1 Å². The molecule has 0 aliphatic heterocycles. The van der Waals surface area contributed by atoms with E-state index in [1.165, 1.54) is 6.07 Å². The van der Waals surface area contributed by atoms with Crippen molar-refractivity contribution in [1.29, 1.82) is 0 Å². The van der Waals surface area contributed by atoms with Gasteiger partial charge in [0.2, 0.25) is 0 Å². The maximum atomic E-state index is 11.5. The van der Waals surface area contributed by atoms with Crippen LogP contribution >= 0.6 is 11.6 Å². The highest BCUT2D eigenvalue weighted by Gasteiger charge is 2.15. The monoisotopic (exact) mass is 272 g/mol. The molecule has 1 aromatic carbocycles. The maximum Gasteiger partial charge on any atom is 0.305 e. The minimum Gasteiger partial charge on any atom is -0.481 e. The van der Waals surface area contributed by atoms with Crippen LogP contribution in [0, 0.1) is 10.1 Å². The second-order valence-electron chi connectivity index (χ2n) is 3.32. The highest BCUT2D eigenvalue weighted by molar-refractivity contribution is 6.33. The van der Waals surface area contributed by atoms with Crippen LogP contribution < -0.4 is 5.32 Å². The minimum absolute atomic E-state index is 0.0250. The minimum atomic E-state index is -1.03. The molecule has 0 heterocycles. The predicted octanol–water partition coefficient (Wildman–Crippen LogP) is 1.45. The number of hydrogen-bond donors (Lipinski definition) is 2. The summed E-state index contributed by atoms with van der Waals surface area (Å²) >= 11 is 5.64. The van der Waals surface area contributed by atoms with Gasteiger partial charge in [-0.1, -0.05) is 11.6 Å². The van der Waals surface area contributed by atoms with Gasteiger partial charge in [-0.25, -0.2) is 0 Å². The van der Waals surface area contributed by atoms with Crippen molar-refractivity contribution in [3.63, 3.8) is 0 Å². The van der Waals surface area contributed by atoms with Crippen molar-refractivity contribution in [2.45, 2.75) is 6.42 Å². The number of halogens is 1. The van der Waals surface area contributed by atoms with Gasteiger partial charge in [-0.2, -0.15) is 0 Å². The third-order valence-corrected chi connectivity index (χ3v) is 2.33. The number of benzene rings is 1. The third kappa shape index (κ3) is 3.70. The summed E-state index contributed by atoms with van der Waals surface area (Å²) in [4.78, 5) is 31.6. The van der Waals surface area contributed by atoms with Gasteiger partial charge in [-0.15, -0.1) is 0 Å². The van der Waals surface area contributed by atoms with E-state index >= 15 is 0 Å². The van der Waals surface area contributed by atoms with Crippen molar-refractivity contribution < 1.29 is 19.6 Å². The molecule has 96 valence electrons. The van der Waals surface area contributed by atoms with Crippen LogP contribution in [0.5, 0.6) is 0 Å². The molecule has 1 rings (SSSR count). The Kier molecular flexibility index (Phi) is 4.61. The normalized spacial score (nSPS) is 9.83. The van der Waals surface area contributed by atoms with Crippen LogP contribution in [0.25, 0.3) is 0 Å². The Morgan fingerprint density at radius 1 is 1.44 bits per heavy atom. The van der Waals surface area contributed by atoms with Crippen LogP contribution in [0.15, 0.2) is 18.2 Å². The first-order chi connectivity index (χ1) is 8.41. The van der Waals surface area contributed by atoms with Gasteiger partial charge in [0.05, 0.1) is 11.3 Å². The number of amides is 1. The summed E-state index contributed by atoms with van der Waals surface area (Å²) in [6.07, 6.45) is -0.202. The van der Waals surface area contributed by atoms with E-state index in [4.69, 9.17) is 16.7 Å². The number of carboxylic acid groups (broad SMARTS) is 1. The molecule has 0 saturated heterocycles. The fourth-order valence-electron chi connectivity index (χ4n) is 1.18. The number of nitrogens with zero attached hydrogens (tertiary/aromatic N) is 1. The van der Waals surface area contributed by atoms with Gasteiger partial charge in [0.25, 0.3) is 11.6 Å². The standard InChI is InChI=1S/C10H9ClN2O5/c11-7-5-6(1-2-8(7)13(17)18)10(16)12-4-3-9(14)15/h1-2,5H,3-4H2,(H,12,16)(H,14,15). The van der Waals surface area contributed by atoms with E-state index in [0.29, 0.717) is 0 Å². The van der Waals surface area contributed by atoms with Crippen LogP contribution in [-0.2, 0) is 4.79 Å². The number of carboxylic acids is 1. The Hall–Kier alpha value is -2.15. The van der Waals surface area contributed by atoms with Crippen molar-refractivity contribution >= 4 is 29.2 Å². The number of nitro groups is 1. The zero-order valence-corrected chi connectivity index (χ0v) is 9.81. The third-order valence-electron chi connectivity index (χ3n) is 2.03. The molecule has 8 heteroatoms. The number of nitrogens with one attached hydrogen (secondary N) is 1. The number of hydrogen-bond acceptors (Lipinski definition) is 4. The summed E-state index contributed by atoms with van der Waals surface area (Å²) < 4.78 is 0. The van der Waals surface area contributed by atoms with E-state index in [9.17, 15) is 19.7 Å². The Labute approximate surface area is 107 Å². The van der Waals surface area contributed by atoms with Crippen LogP contribution in [0.4, 0.5) is 5.69 Å². The Morgan fingerprint density at radius 2 is 2.11 bits per heavy atom. The molecule has 0 spiro atoms. The molecule has 0 aromatic heterocycles. The zero-order valence-electron chi connectivity index (χ0n) is 9.05. The largest absolute Gasteiger partial charge is 0.481 e. The van der Waals surface area contributed by atoms with Crippen LogP contribution in [0.3, 0.4) is 0 Å². The van der Waals surface area contributed by atoms with E-state index in [1.54, 1.807) is 0 Å². The van der Waals surface area contributed by atoms with Crippen LogP contribution in [0.1, 0.15) is 16.8 Å². The lowest BCUT2D eigenvalue weighted by molar-refractivity contribution is -0.384. The average Bonchev–Trinajstić information content (AvgIpc) is 2.27. The summed E-state index contributed by atoms with van der Waals surface area (Å²) in [6, 6.07) is 3.53. The van der Waals surface area contributed by atoms with E-state index < -0.39 is 16.8 Å². The summed E-state index contributed by atoms with van der Waals surface area (Å²) in [5.74, 6) is -1.56. The average molecular weight is 273 g/mol. The fourth-order valence-corrected chi connectivity index (χ4v) is 1.43. The van der Waals surface area contributed by atoms with E-state index in [0.717, 1.165) is 12.1 Å². The molecule has 0 bridgehead atoms. The van der Waals surface area contributed by atoms with Crippen molar-refractivity contribution in [2.75, 3.05) is 6.54 Å². The molecule has 1 amide bonds. The molecule has 0 aliphatic carbocycles. The molecule has 0 radical (unpaired) electrons. The molecule has 2 N–H and O–H groups in total. The Morgan fingerprint density at radius 3 is 2.61 bits per heavy atom. The molecule has 1 aromatic rings. The quantitative estimate of drug-likeness (QED) is 0.623. The van der Waals surface area contributed by atoms with Crippen LogP contribution in [0.2, 0.25) is 5.02 Å².